The van der Waals surface area contributed by atoms with E-state index >= 15 is 0 Å². The number of rotatable bonds is 5. The maximum absolute atomic E-state index is 11.7. The minimum atomic E-state index is 0.149. The first-order valence-electron chi connectivity index (χ1n) is 7.13. The van der Waals surface area contributed by atoms with Gasteiger partial charge in [-0.25, -0.2) is 9.97 Å². The Bertz CT molecular complexity index is 681. The molecular formula is C15H22N5OS+. The Kier molecular flexibility index (Phi) is 5.07. The van der Waals surface area contributed by atoms with Crippen LogP contribution in [0.4, 0.5) is 5.82 Å². The molecule has 0 fully saturated rings. The minimum Gasteiger partial charge on any atom is -0.383 e. The van der Waals surface area contributed by atoms with Crippen molar-refractivity contribution >= 4 is 23.1 Å². The maximum Gasteiger partial charge on any atom is 0.225 e. The lowest BCUT2D eigenvalue weighted by Crippen LogP contribution is -2.35. The largest absolute Gasteiger partial charge is 0.383 e. The molecule has 2 N–H and O–H groups in total. The third kappa shape index (κ3) is 3.79. The predicted octanol–water partition coefficient (Wildman–Crippen LogP) is 1.09. The number of aromatic nitrogens is 3. The molecule has 118 valence electrons. The number of nitrogens with zero attached hydrogens (tertiary/aromatic N) is 4. The lowest BCUT2D eigenvalue weighted by atomic mass is 10.2. The van der Waals surface area contributed by atoms with Gasteiger partial charge in [0.05, 0.1) is 10.4 Å². The Morgan fingerprint density at radius 3 is 2.77 bits per heavy atom. The van der Waals surface area contributed by atoms with Gasteiger partial charge in [-0.15, -0.1) is 0 Å². The van der Waals surface area contributed by atoms with Crippen LogP contribution in [0.1, 0.15) is 28.4 Å². The van der Waals surface area contributed by atoms with E-state index in [1.54, 1.807) is 36.5 Å². The Morgan fingerprint density at radius 1 is 1.41 bits per heavy atom. The van der Waals surface area contributed by atoms with Crippen molar-refractivity contribution in [1.82, 2.24) is 14.9 Å². The number of hydrogen-bond donors (Lipinski definition) is 1. The fourth-order valence-corrected chi connectivity index (χ4v) is 3.10. The molecule has 0 bridgehead atoms. The number of nitrogen functional groups attached to an aromatic ring is 1. The van der Waals surface area contributed by atoms with Crippen LogP contribution in [0.3, 0.4) is 0 Å². The molecule has 0 aliphatic rings. The van der Waals surface area contributed by atoms with Gasteiger partial charge in [-0.2, -0.15) is 4.57 Å². The molecule has 2 aromatic heterocycles. The molecule has 0 radical (unpaired) electrons. The summed E-state index contributed by atoms with van der Waals surface area (Å²) in [7, 11) is 3.56. The van der Waals surface area contributed by atoms with Crippen LogP contribution in [-0.4, -0.2) is 34.9 Å². The monoisotopic (exact) mass is 320 g/mol. The van der Waals surface area contributed by atoms with Gasteiger partial charge in [0.2, 0.25) is 11.4 Å². The van der Waals surface area contributed by atoms with Crippen molar-refractivity contribution < 1.29 is 9.36 Å². The normalized spacial score (nSPS) is 10.7. The van der Waals surface area contributed by atoms with Crippen molar-refractivity contribution in [1.29, 1.82) is 0 Å². The summed E-state index contributed by atoms with van der Waals surface area (Å²) < 4.78 is 2.13. The number of carbonyl (C=O) groups excluding carboxylic acids is 1. The third-order valence-corrected chi connectivity index (χ3v) is 4.72. The van der Waals surface area contributed by atoms with Crippen molar-refractivity contribution in [2.45, 2.75) is 33.2 Å². The molecule has 0 aliphatic carbocycles. The number of aryl methyl sites for hydroxylation is 2. The van der Waals surface area contributed by atoms with E-state index in [1.165, 1.54) is 4.88 Å². The lowest BCUT2D eigenvalue weighted by Gasteiger charge is -2.08. The van der Waals surface area contributed by atoms with Crippen molar-refractivity contribution in [2.75, 3.05) is 19.8 Å². The number of thiazole rings is 1. The second-order valence-corrected chi connectivity index (χ2v) is 6.41. The summed E-state index contributed by atoms with van der Waals surface area (Å²) in [4.78, 5) is 22.9. The van der Waals surface area contributed by atoms with Crippen LogP contribution < -0.4 is 10.3 Å². The van der Waals surface area contributed by atoms with Crippen LogP contribution >= 0.6 is 11.3 Å². The number of nitrogens with two attached hydrogens (primary N) is 1. The maximum atomic E-state index is 11.7. The molecule has 2 aromatic rings. The number of anilines is 1. The van der Waals surface area contributed by atoms with Crippen LogP contribution in [0.5, 0.6) is 0 Å². The van der Waals surface area contributed by atoms with Gasteiger partial charge in [0.15, 0.2) is 12.2 Å². The molecule has 0 saturated carbocycles. The van der Waals surface area contributed by atoms with Gasteiger partial charge in [0.1, 0.15) is 11.6 Å². The number of hydrogen-bond acceptors (Lipinski definition) is 5. The molecular weight excluding hydrogens is 298 g/mol. The van der Waals surface area contributed by atoms with Crippen LogP contribution in [0.15, 0.2) is 11.7 Å². The van der Waals surface area contributed by atoms with Gasteiger partial charge in [0, 0.05) is 33.6 Å². The third-order valence-electron chi connectivity index (χ3n) is 3.58. The summed E-state index contributed by atoms with van der Waals surface area (Å²) in [6.07, 6.45) is 3.07. The van der Waals surface area contributed by atoms with Gasteiger partial charge in [0.25, 0.3) is 0 Å². The highest BCUT2D eigenvalue weighted by atomic mass is 32.1. The van der Waals surface area contributed by atoms with Gasteiger partial charge in [-0.3, -0.25) is 4.79 Å². The number of carbonyl (C=O) groups is 1. The van der Waals surface area contributed by atoms with E-state index in [4.69, 9.17) is 5.73 Å². The summed E-state index contributed by atoms with van der Waals surface area (Å²) >= 11 is 1.67. The van der Waals surface area contributed by atoms with Gasteiger partial charge < -0.3 is 10.6 Å². The second kappa shape index (κ2) is 6.83. The molecule has 22 heavy (non-hydrogen) atoms. The molecule has 2 rings (SSSR count). The molecule has 6 nitrogen and oxygen atoms in total. The van der Waals surface area contributed by atoms with Crippen molar-refractivity contribution in [3.05, 3.63) is 33.7 Å². The summed E-state index contributed by atoms with van der Waals surface area (Å²) in [6.45, 7) is 4.54. The van der Waals surface area contributed by atoms with Crippen molar-refractivity contribution in [3.8, 4) is 0 Å². The first kappa shape index (κ1) is 16.4. The van der Waals surface area contributed by atoms with E-state index in [0.717, 1.165) is 17.7 Å². The Morgan fingerprint density at radius 2 is 2.14 bits per heavy atom. The van der Waals surface area contributed by atoms with Crippen LogP contribution in [-0.2, 0) is 17.8 Å². The summed E-state index contributed by atoms with van der Waals surface area (Å²) in [5, 5.41) is 0. The van der Waals surface area contributed by atoms with E-state index in [-0.39, 0.29) is 5.91 Å². The van der Waals surface area contributed by atoms with E-state index in [2.05, 4.69) is 27.0 Å². The molecule has 0 atom stereocenters. The van der Waals surface area contributed by atoms with E-state index in [9.17, 15) is 4.79 Å². The Hall–Kier alpha value is -2.02. The van der Waals surface area contributed by atoms with Gasteiger partial charge in [-0.1, -0.05) is 11.3 Å². The molecule has 0 unspecified atom stereocenters. The lowest BCUT2D eigenvalue weighted by molar-refractivity contribution is -0.689. The predicted molar refractivity (Wildman–Crippen MR) is 86.5 cm³/mol. The van der Waals surface area contributed by atoms with Gasteiger partial charge >= 0.3 is 0 Å². The molecule has 0 aromatic carbocycles. The van der Waals surface area contributed by atoms with Crippen LogP contribution in [0.2, 0.25) is 0 Å². The zero-order valence-corrected chi connectivity index (χ0v) is 14.3. The van der Waals surface area contributed by atoms with E-state index in [1.807, 2.05) is 6.92 Å². The highest BCUT2D eigenvalue weighted by Gasteiger charge is 2.18. The molecule has 7 heteroatoms. The molecule has 2 heterocycles. The molecule has 1 amide bonds. The van der Waals surface area contributed by atoms with Crippen LogP contribution in [0.25, 0.3) is 0 Å². The smallest absolute Gasteiger partial charge is 0.225 e. The first-order valence-corrected chi connectivity index (χ1v) is 8.01. The van der Waals surface area contributed by atoms with Crippen LogP contribution in [0, 0.1) is 13.8 Å². The highest BCUT2D eigenvalue weighted by Crippen LogP contribution is 2.15. The quantitative estimate of drug-likeness (QED) is 0.837. The summed E-state index contributed by atoms with van der Waals surface area (Å²) in [6, 6.07) is 0. The Balaban J connectivity index is 2.09. The highest BCUT2D eigenvalue weighted by molar-refractivity contribution is 7.09. The fourth-order valence-electron chi connectivity index (χ4n) is 2.11. The minimum absolute atomic E-state index is 0.149. The molecule has 0 saturated heterocycles. The SMILES string of the molecule is Cc1ncc(C[n+]2csc(CCC(=O)N(C)C)c2C)c(N)n1. The fraction of sp³-hybridized carbons (Fsp3) is 0.467. The zero-order valence-electron chi connectivity index (χ0n) is 13.5. The van der Waals surface area contributed by atoms with Crippen molar-refractivity contribution in [3.63, 3.8) is 0 Å². The van der Waals surface area contributed by atoms with E-state index < -0.39 is 0 Å². The average molecular weight is 320 g/mol. The first-order chi connectivity index (χ1) is 10.4. The second-order valence-electron chi connectivity index (χ2n) is 5.48. The van der Waals surface area contributed by atoms with E-state index in [0.29, 0.717) is 24.6 Å². The standard InChI is InChI=1S/C15H22N5OS/c1-10-13(5-6-14(21)19(3)4)22-9-20(10)8-12-7-17-11(2)18-15(12)16/h7,9H,5-6,8H2,1-4H3,(H2,16,17,18)/q+1. The van der Waals surface area contributed by atoms with Crippen molar-refractivity contribution in [2.24, 2.45) is 0 Å². The molecule has 0 spiro atoms. The Labute approximate surface area is 134 Å². The van der Waals surface area contributed by atoms with Gasteiger partial charge in [-0.05, 0) is 13.3 Å². The number of amides is 1. The zero-order chi connectivity index (χ0) is 16.3. The summed E-state index contributed by atoms with van der Waals surface area (Å²) in [5.74, 6) is 1.35. The summed E-state index contributed by atoms with van der Waals surface area (Å²) in [5.41, 5.74) is 10.1. The average Bonchev–Trinajstić information content (AvgIpc) is 2.80. The molecule has 0 aliphatic heterocycles. The topological polar surface area (TPSA) is 76.0 Å².